The minimum atomic E-state index is -0.486. The summed E-state index contributed by atoms with van der Waals surface area (Å²) in [5, 5.41) is 23.8. The molecule has 0 bridgehead atoms. The Balaban J connectivity index is 1.77. The van der Waals surface area contributed by atoms with Crippen LogP contribution in [0.15, 0.2) is 0 Å². The zero-order chi connectivity index (χ0) is 30.8. The molecule has 11 atom stereocenters. The number of hydrogen-bond acceptors (Lipinski definition) is 8. The Hall–Kier alpha value is -1.26. The van der Waals surface area contributed by atoms with E-state index in [1.54, 1.807) is 7.11 Å². The van der Waals surface area contributed by atoms with Gasteiger partial charge in [-0.3, -0.25) is 15.3 Å². The van der Waals surface area contributed by atoms with E-state index >= 15 is 0 Å². The first kappa shape index (κ1) is 35.2. The molecule has 244 valence electrons. The molecule has 0 aromatic rings. The van der Waals surface area contributed by atoms with Crippen LogP contribution in [-0.4, -0.2) is 72.5 Å². The van der Waals surface area contributed by atoms with Crippen molar-refractivity contribution in [3.8, 4) is 0 Å². The van der Waals surface area contributed by atoms with Gasteiger partial charge in [0.25, 0.3) is 0 Å². The smallest absolute Gasteiger partial charge is 0.302 e. The molecule has 3 aliphatic rings. The van der Waals surface area contributed by atoms with Gasteiger partial charge in [0, 0.05) is 33.8 Å². The molecule has 0 aromatic carbocycles. The topological polar surface area (TPSA) is 145 Å². The number of carbonyl (C=O) groups is 2. The number of carbonyl (C=O) groups excluding carboxylic acids is 2. The predicted octanol–water partition coefficient (Wildman–Crippen LogP) is 3.28. The summed E-state index contributed by atoms with van der Waals surface area (Å²) in [5.74, 6) is 1.55. The highest BCUT2D eigenvalue weighted by Crippen LogP contribution is 2.43. The second-order valence-electron chi connectivity index (χ2n) is 14.2. The van der Waals surface area contributed by atoms with Crippen LogP contribution < -0.4 is 11.1 Å². The van der Waals surface area contributed by atoms with E-state index in [4.69, 9.17) is 19.9 Å². The summed E-state index contributed by atoms with van der Waals surface area (Å²) in [7, 11) is 1.66. The monoisotopic (exact) mass is 597 g/mol. The molecular formula is C33H61N2O7+. The number of piperidine rings is 1. The quantitative estimate of drug-likeness (QED) is 0.251. The van der Waals surface area contributed by atoms with Gasteiger partial charge in [0.05, 0.1) is 24.9 Å². The fourth-order valence-electron chi connectivity index (χ4n) is 8.50. The van der Waals surface area contributed by atoms with Gasteiger partial charge in [0.1, 0.15) is 18.4 Å². The Morgan fingerprint density at radius 2 is 1.71 bits per heavy atom. The van der Waals surface area contributed by atoms with Gasteiger partial charge >= 0.3 is 11.9 Å². The van der Waals surface area contributed by atoms with Gasteiger partial charge in [-0.1, -0.05) is 26.7 Å². The maximum atomic E-state index is 12.3. The van der Waals surface area contributed by atoms with Crippen LogP contribution in [0.2, 0.25) is 0 Å². The molecule has 0 amide bonds. The summed E-state index contributed by atoms with van der Waals surface area (Å²) < 4.78 is 17.5. The number of esters is 2. The third kappa shape index (κ3) is 11.3. The average Bonchev–Trinajstić information content (AvgIpc) is 2.89. The highest BCUT2D eigenvalue weighted by Gasteiger charge is 2.42. The van der Waals surface area contributed by atoms with Crippen molar-refractivity contribution in [1.82, 2.24) is 0 Å². The molecule has 6 N–H and O–H groups in total. The number of rotatable bonds is 12. The lowest BCUT2D eigenvalue weighted by Gasteiger charge is -2.44. The SMILES string of the molecule is COC1CC(CCC(CC(OC(C)=O)C2CC(O)CCCC(CC(C)C)C2)OC(C)=O)C(C2CC[NH2+]C(N)C2)CC1O. The molecule has 2 aliphatic carbocycles. The van der Waals surface area contributed by atoms with E-state index in [1.165, 1.54) is 13.8 Å². The second-order valence-corrected chi connectivity index (χ2v) is 14.2. The van der Waals surface area contributed by atoms with E-state index < -0.39 is 24.4 Å². The van der Waals surface area contributed by atoms with Gasteiger partial charge in [0.2, 0.25) is 0 Å². The van der Waals surface area contributed by atoms with Crippen LogP contribution in [0.25, 0.3) is 0 Å². The molecule has 9 nitrogen and oxygen atoms in total. The molecule has 2 saturated carbocycles. The summed E-state index contributed by atoms with van der Waals surface area (Å²) in [5.41, 5.74) is 6.32. The Morgan fingerprint density at radius 3 is 2.36 bits per heavy atom. The van der Waals surface area contributed by atoms with Crippen molar-refractivity contribution in [3.63, 3.8) is 0 Å². The van der Waals surface area contributed by atoms with Crippen molar-refractivity contribution in [2.75, 3.05) is 13.7 Å². The largest absolute Gasteiger partial charge is 0.462 e. The standard InChI is InChI=1S/C33H60N2O7/c1-20(2)13-23-7-6-8-27(38)15-26(14-23)31(42-22(4)37)18-28(41-21(3)36)10-9-24-16-32(40-5)30(39)19-29(24)25-11-12-35-33(34)17-25/h20,23-33,35,38-39H,6-19,34H2,1-5H3/p+1. The minimum Gasteiger partial charge on any atom is -0.462 e. The van der Waals surface area contributed by atoms with E-state index in [0.29, 0.717) is 55.3 Å². The molecule has 1 saturated heterocycles. The van der Waals surface area contributed by atoms with Gasteiger partial charge in [-0.15, -0.1) is 0 Å². The molecule has 0 radical (unpaired) electrons. The highest BCUT2D eigenvalue weighted by atomic mass is 16.6. The fourth-order valence-corrected chi connectivity index (χ4v) is 8.50. The molecule has 3 fully saturated rings. The molecule has 0 spiro atoms. The molecule has 0 aromatic heterocycles. The van der Waals surface area contributed by atoms with Crippen molar-refractivity contribution in [2.45, 2.75) is 148 Å². The lowest BCUT2D eigenvalue weighted by molar-refractivity contribution is -0.699. The number of aliphatic hydroxyl groups excluding tert-OH is 2. The molecule has 11 unspecified atom stereocenters. The number of hydrogen-bond donors (Lipinski definition) is 4. The zero-order valence-electron chi connectivity index (χ0n) is 26.9. The Kier molecular flexibility index (Phi) is 14.5. The van der Waals surface area contributed by atoms with E-state index in [1.807, 2.05) is 0 Å². The number of aliphatic hydroxyl groups is 2. The van der Waals surface area contributed by atoms with Crippen LogP contribution in [-0.2, 0) is 23.8 Å². The van der Waals surface area contributed by atoms with E-state index in [-0.39, 0.29) is 30.1 Å². The third-order valence-electron chi connectivity index (χ3n) is 10.3. The van der Waals surface area contributed by atoms with Crippen molar-refractivity contribution in [2.24, 2.45) is 41.2 Å². The molecular weight excluding hydrogens is 536 g/mol. The van der Waals surface area contributed by atoms with Crippen LogP contribution >= 0.6 is 0 Å². The van der Waals surface area contributed by atoms with Crippen molar-refractivity contribution < 1.29 is 39.3 Å². The van der Waals surface area contributed by atoms with Crippen molar-refractivity contribution in [3.05, 3.63) is 0 Å². The average molecular weight is 598 g/mol. The lowest BCUT2D eigenvalue weighted by atomic mass is 9.66. The van der Waals surface area contributed by atoms with Crippen LogP contribution in [0.5, 0.6) is 0 Å². The highest BCUT2D eigenvalue weighted by molar-refractivity contribution is 5.66. The Morgan fingerprint density at radius 1 is 0.976 bits per heavy atom. The van der Waals surface area contributed by atoms with Crippen LogP contribution in [0.4, 0.5) is 0 Å². The molecule has 42 heavy (non-hydrogen) atoms. The van der Waals surface area contributed by atoms with Gasteiger partial charge in [-0.05, 0) is 93.3 Å². The number of quaternary nitrogens is 1. The summed E-state index contributed by atoms with van der Waals surface area (Å²) in [6.45, 7) is 8.37. The predicted molar refractivity (Wildman–Crippen MR) is 161 cm³/mol. The molecule has 1 aliphatic heterocycles. The molecule has 3 rings (SSSR count). The van der Waals surface area contributed by atoms with Crippen LogP contribution in [0.3, 0.4) is 0 Å². The van der Waals surface area contributed by atoms with E-state index in [0.717, 1.165) is 64.3 Å². The normalized spacial score (nSPS) is 36.0. The first-order chi connectivity index (χ1) is 19.9. The van der Waals surface area contributed by atoms with Gasteiger partial charge < -0.3 is 29.7 Å². The summed E-state index contributed by atoms with van der Waals surface area (Å²) in [6.07, 6.45) is 9.06. The van der Waals surface area contributed by atoms with Crippen LogP contribution in [0.1, 0.15) is 111 Å². The molecule has 1 heterocycles. The number of methoxy groups -OCH3 is 1. The van der Waals surface area contributed by atoms with Gasteiger partial charge in [-0.25, -0.2) is 0 Å². The van der Waals surface area contributed by atoms with E-state index in [2.05, 4.69) is 19.2 Å². The van der Waals surface area contributed by atoms with Crippen molar-refractivity contribution >= 4 is 11.9 Å². The third-order valence-corrected chi connectivity index (χ3v) is 10.3. The summed E-state index contributed by atoms with van der Waals surface area (Å²) >= 11 is 0. The Labute approximate surface area is 254 Å². The van der Waals surface area contributed by atoms with Crippen LogP contribution in [0, 0.1) is 35.5 Å². The Bertz CT molecular complexity index is 826. The van der Waals surface area contributed by atoms with Gasteiger partial charge in [0.15, 0.2) is 0 Å². The van der Waals surface area contributed by atoms with E-state index in [9.17, 15) is 19.8 Å². The first-order valence-electron chi connectivity index (χ1n) is 16.8. The zero-order valence-corrected chi connectivity index (χ0v) is 26.9. The maximum Gasteiger partial charge on any atom is 0.302 e. The number of nitrogens with two attached hydrogens (primary N) is 2. The minimum absolute atomic E-state index is 0.0152. The number of ether oxygens (including phenoxy) is 3. The second kappa shape index (κ2) is 17.3. The fraction of sp³-hybridized carbons (Fsp3) is 0.939. The first-order valence-corrected chi connectivity index (χ1v) is 16.8. The van der Waals surface area contributed by atoms with Gasteiger partial charge in [-0.2, -0.15) is 0 Å². The molecule has 9 heteroatoms. The summed E-state index contributed by atoms with van der Waals surface area (Å²) in [6, 6.07) is 0. The summed E-state index contributed by atoms with van der Waals surface area (Å²) in [4.78, 5) is 24.6. The maximum absolute atomic E-state index is 12.3. The van der Waals surface area contributed by atoms with Crippen molar-refractivity contribution in [1.29, 1.82) is 0 Å². The lowest BCUT2D eigenvalue weighted by Crippen LogP contribution is -2.94.